The van der Waals surface area contributed by atoms with E-state index >= 15 is 0 Å². The van der Waals surface area contributed by atoms with E-state index in [4.69, 9.17) is 4.74 Å². The lowest BCUT2D eigenvalue weighted by atomic mass is 9.73. The quantitative estimate of drug-likeness (QED) is 0.136. The molecule has 3 nitrogen and oxygen atoms in total. The summed E-state index contributed by atoms with van der Waals surface area (Å²) in [6.45, 7) is 0. The number of ether oxygens (including phenoxy) is 1. The van der Waals surface area contributed by atoms with E-state index in [2.05, 4.69) is 277 Å². The molecule has 1 aliphatic heterocycles. The summed E-state index contributed by atoms with van der Waals surface area (Å²) >= 11 is 0. The highest BCUT2D eigenvalue weighted by atomic mass is 16.5. The van der Waals surface area contributed by atoms with E-state index in [9.17, 15) is 0 Å². The van der Waals surface area contributed by atoms with Crippen LogP contribution in [0.15, 0.2) is 278 Å². The zero-order valence-corrected chi connectivity index (χ0v) is 36.9. The summed E-state index contributed by atoms with van der Waals surface area (Å²) in [6.07, 6.45) is 11.0. The van der Waals surface area contributed by atoms with Crippen LogP contribution in [0.5, 0.6) is 5.75 Å². The molecule has 12 rings (SSSR count). The zero-order chi connectivity index (χ0) is 44.5. The van der Waals surface area contributed by atoms with Crippen molar-refractivity contribution in [2.45, 2.75) is 6.10 Å². The number of benzene rings is 9. The second kappa shape index (κ2) is 17.4. The lowest BCUT2D eigenvalue weighted by Crippen LogP contribution is -2.42. The van der Waals surface area contributed by atoms with Gasteiger partial charge >= 0.3 is 0 Å². The van der Waals surface area contributed by atoms with Gasteiger partial charge in [0, 0.05) is 28.3 Å². The fourth-order valence-electron chi connectivity index (χ4n) is 10.0. The van der Waals surface area contributed by atoms with Gasteiger partial charge in [0.2, 0.25) is 0 Å². The molecule has 0 spiro atoms. The van der Waals surface area contributed by atoms with E-state index in [1.165, 1.54) is 55.7 Å². The minimum absolute atomic E-state index is 0.0453. The largest absolute Gasteiger partial charge is 0.482 e. The first-order valence-corrected chi connectivity index (χ1v) is 23.1. The van der Waals surface area contributed by atoms with Crippen LogP contribution in [0.1, 0.15) is 5.56 Å². The van der Waals surface area contributed by atoms with Gasteiger partial charge in [-0.3, -0.25) is 0 Å². The molecule has 3 heteroatoms. The summed E-state index contributed by atoms with van der Waals surface area (Å²) in [4.78, 5) is 4.78. The molecule has 0 amide bonds. The molecule has 3 aliphatic rings. The summed E-state index contributed by atoms with van der Waals surface area (Å²) in [6, 6.07) is 84.6. The van der Waals surface area contributed by atoms with Gasteiger partial charge in [-0.05, 0) is 122 Å². The average molecular weight is 859 g/mol. The van der Waals surface area contributed by atoms with Crippen LogP contribution in [0.4, 0.5) is 28.4 Å². The van der Waals surface area contributed by atoms with Crippen molar-refractivity contribution in [3.63, 3.8) is 0 Å². The first-order valence-electron chi connectivity index (χ1n) is 23.1. The molecule has 0 aromatic heterocycles. The van der Waals surface area contributed by atoms with E-state index < -0.39 is 0 Å². The normalized spacial score (nSPS) is 15.5. The Balaban J connectivity index is 0.971. The zero-order valence-electron chi connectivity index (χ0n) is 36.9. The number of anilines is 5. The molecule has 0 bridgehead atoms. The highest BCUT2D eigenvalue weighted by Gasteiger charge is 2.44. The number of rotatable bonds is 10. The molecular formula is C64H46N2O. The molecule has 0 N–H and O–H groups in total. The number of fused-ring (bicyclic) bond motifs is 2. The fourth-order valence-corrected chi connectivity index (χ4v) is 10.0. The van der Waals surface area contributed by atoms with Crippen LogP contribution in [0.2, 0.25) is 0 Å². The Bertz CT molecular complexity index is 3150. The number of hydrogen-bond acceptors (Lipinski definition) is 3. The Labute approximate surface area is 392 Å². The van der Waals surface area contributed by atoms with Gasteiger partial charge in [0.25, 0.3) is 0 Å². The highest BCUT2D eigenvalue weighted by molar-refractivity contribution is 5.93. The van der Waals surface area contributed by atoms with Gasteiger partial charge in [-0.1, -0.05) is 200 Å². The van der Waals surface area contributed by atoms with E-state index in [-0.39, 0.29) is 12.0 Å². The van der Waals surface area contributed by atoms with Crippen molar-refractivity contribution in [3.05, 3.63) is 284 Å². The van der Waals surface area contributed by atoms with Crippen LogP contribution in [0, 0.1) is 5.92 Å². The van der Waals surface area contributed by atoms with E-state index in [1.807, 2.05) is 0 Å². The summed E-state index contributed by atoms with van der Waals surface area (Å²) in [5.74, 6) is 0.814. The van der Waals surface area contributed by atoms with Crippen LogP contribution in [-0.4, -0.2) is 6.10 Å². The topological polar surface area (TPSA) is 15.7 Å². The Kier molecular flexibility index (Phi) is 10.3. The van der Waals surface area contributed by atoms with Crippen molar-refractivity contribution >= 4 is 34.0 Å². The molecule has 9 aromatic rings. The maximum absolute atomic E-state index is 7.46. The third kappa shape index (κ3) is 7.57. The predicted octanol–water partition coefficient (Wildman–Crippen LogP) is 16.8. The van der Waals surface area contributed by atoms with Crippen molar-refractivity contribution in [1.82, 2.24) is 0 Å². The molecule has 0 radical (unpaired) electrons. The van der Waals surface area contributed by atoms with E-state index in [0.29, 0.717) is 0 Å². The van der Waals surface area contributed by atoms with Crippen LogP contribution in [-0.2, 0) is 0 Å². The molecule has 318 valence electrons. The van der Waals surface area contributed by atoms with Crippen LogP contribution < -0.4 is 14.5 Å². The number of hydrogen-bond donors (Lipinski definition) is 0. The van der Waals surface area contributed by atoms with Crippen molar-refractivity contribution < 1.29 is 4.74 Å². The molecule has 67 heavy (non-hydrogen) atoms. The molecule has 9 aromatic carbocycles. The predicted molar refractivity (Wildman–Crippen MR) is 279 cm³/mol. The summed E-state index contributed by atoms with van der Waals surface area (Å²) in [5.41, 5.74) is 19.5. The molecular weight excluding hydrogens is 813 g/mol. The maximum atomic E-state index is 7.46. The molecule has 0 saturated carbocycles. The number of allylic oxidation sites excluding steroid dienone is 5. The van der Waals surface area contributed by atoms with Crippen molar-refractivity contribution in [1.29, 1.82) is 0 Å². The SMILES string of the molecule is C1=CC2=CC=C(N(c3ccc(-c4ccccc4)cc3)c3ccc(-c4ccccc4)cc3)C3Oc4cccc(N(c5ccc(-c6ccccc6)cc5)c5ccc(-c6ccccc6)cc5)c4C(=C1)C23. The second-order valence-electron chi connectivity index (χ2n) is 17.2. The van der Waals surface area contributed by atoms with E-state index in [0.717, 1.165) is 45.4 Å². The molecule has 2 atom stereocenters. The first-order chi connectivity index (χ1) is 33.2. The molecule has 0 fully saturated rings. The second-order valence-corrected chi connectivity index (χ2v) is 17.2. The Morgan fingerprint density at radius 3 is 1.13 bits per heavy atom. The monoisotopic (exact) mass is 858 g/mol. The van der Waals surface area contributed by atoms with Crippen LogP contribution in [0.3, 0.4) is 0 Å². The average Bonchev–Trinajstić information content (AvgIpc) is 3.41. The summed E-state index contributed by atoms with van der Waals surface area (Å²) in [5, 5.41) is 0. The minimum atomic E-state index is -0.301. The summed E-state index contributed by atoms with van der Waals surface area (Å²) < 4.78 is 7.46. The van der Waals surface area contributed by atoms with Gasteiger partial charge in [-0.2, -0.15) is 0 Å². The van der Waals surface area contributed by atoms with Gasteiger partial charge in [-0.25, -0.2) is 0 Å². The summed E-state index contributed by atoms with van der Waals surface area (Å²) in [7, 11) is 0. The molecule has 2 unspecified atom stereocenters. The van der Waals surface area contributed by atoms with Crippen molar-refractivity contribution in [2.75, 3.05) is 9.80 Å². The van der Waals surface area contributed by atoms with Crippen molar-refractivity contribution in [3.8, 4) is 50.3 Å². The minimum Gasteiger partial charge on any atom is -0.482 e. The van der Waals surface area contributed by atoms with Gasteiger partial charge in [-0.15, -0.1) is 0 Å². The highest BCUT2D eigenvalue weighted by Crippen LogP contribution is 2.54. The standard InChI is InChI=1S/C64H46N2O/c1-5-15-45(16-6-1)49-27-36-54(37-28-49)65(55-38-29-50(30-39-55)46-17-7-2-8-18-46)59-25-14-26-61-63(59)58-24-13-23-53-35-44-60(64(67-61)62(53)58)66(56-40-31-51(32-41-56)47-19-9-3-10-20-47)57-42-33-52(34-43-57)48-21-11-4-12-22-48/h1-44,62,64H. The molecule has 2 aliphatic carbocycles. The Morgan fingerprint density at radius 2 is 0.716 bits per heavy atom. The number of nitrogens with zero attached hydrogens (tertiary/aromatic N) is 2. The van der Waals surface area contributed by atoms with E-state index in [1.54, 1.807) is 0 Å². The molecule has 1 heterocycles. The van der Waals surface area contributed by atoms with Gasteiger partial charge in [0.05, 0.1) is 17.3 Å². The smallest absolute Gasteiger partial charge is 0.150 e. The Morgan fingerprint density at radius 1 is 0.328 bits per heavy atom. The lowest BCUT2D eigenvalue weighted by molar-refractivity contribution is 0.196. The lowest BCUT2D eigenvalue weighted by Gasteiger charge is -2.45. The third-order valence-corrected chi connectivity index (χ3v) is 13.3. The molecule has 0 saturated heterocycles. The van der Waals surface area contributed by atoms with Gasteiger partial charge in [0.1, 0.15) is 11.9 Å². The maximum Gasteiger partial charge on any atom is 0.150 e. The Hall–Kier alpha value is -8.66. The van der Waals surface area contributed by atoms with Gasteiger partial charge < -0.3 is 14.5 Å². The van der Waals surface area contributed by atoms with Crippen LogP contribution >= 0.6 is 0 Å². The van der Waals surface area contributed by atoms with Crippen LogP contribution in [0.25, 0.3) is 50.1 Å². The first kappa shape index (κ1) is 39.9. The van der Waals surface area contributed by atoms with Crippen molar-refractivity contribution in [2.24, 2.45) is 5.92 Å². The fraction of sp³-hybridized carbons (Fsp3) is 0.0312. The third-order valence-electron chi connectivity index (χ3n) is 13.3. The van der Waals surface area contributed by atoms with Gasteiger partial charge in [0.15, 0.2) is 0 Å².